The highest BCUT2D eigenvalue weighted by atomic mass is 35.5. The molecule has 0 saturated carbocycles. The topological polar surface area (TPSA) is 134 Å². The third-order valence-corrected chi connectivity index (χ3v) is 12.9. The predicted molar refractivity (Wildman–Crippen MR) is 191 cm³/mol. The molecule has 0 saturated heterocycles. The lowest BCUT2D eigenvalue weighted by atomic mass is 9.99. The van der Waals surface area contributed by atoms with Gasteiger partial charge < -0.3 is 9.47 Å². The van der Waals surface area contributed by atoms with E-state index in [-0.39, 0.29) is 60.3 Å². The molecule has 2 aromatic rings. The molecule has 5 rings (SSSR count). The van der Waals surface area contributed by atoms with Gasteiger partial charge in [-0.1, -0.05) is 82.8 Å². The van der Waals surface area contributed by atoms with Gasteiger partial charge in [-0.05, 0) is 48.2 Å². The van der Waals surface area contributed by atoms with Gasteiger partial charge in [-0.15, -0.1) is 0 Å². The Bertz CT molecular complexity index is 1880. The van der Waals surface area contributed by atoms with E-state index in [4.69, 9.17) is 55.9 Å². The molecule has 12 nitrogen and oxygen atoms in total. The van der Waals surface area contributed by atoms with E-state index in [1.165, 1.54) is 50.8 Å². The van der Waals surface area contributed by atoms with Crippen LogP contribution in [-0.4, -0.2) is 86.4 Å². The summed E-state index contributed by atoms with van der Waals surface area (Å²) in [6.45, 7) is -0.523. The van der Waals surface area contributed by atoms with Crippen molar-refractivity contribution in [2.75, 3.05) is 40.4 Å². The molecule has 0 radical (unpaired) electrons. The number of rotatable bonds is 2. The Morgan fingerprint density at radius 3 is 1.36 bits per heavy atom. The molecule has 2 atom stereocenters. The number of cyclic esters (lactones) is 2. The number of hydrogen-bond acceptors (Lipinski definition) is 8. The van der Waals surface area contributed by atoms with Gasteiger partial charge in [0, 0.05) is 59.7 Å². The highest BCUT2D eigenvalue weighted by Crippen LogP contribution is 2.41. The van der Waals surface area contributed by atoms with Crippen LogP contribution in [0.15, 0.2) is 84.2 Å². The molecule has 3 heterocycles. The van der Waals surface area contributed by atoms with Crippen molar-refractivity contribution in [2.45, 2.75) is 24.9 Å². The zero-order chi connectivity index (χ0) is 36.4. The summed E-state index contributed by atoms with van der Waals surface area (Å²) in [5.41, 5.74) is 0.695. The summed E-state index contributed by atoms with van der Waals surface area (Å²) in [5.74, 6) is -1.57. The second-order valence-corrected chi connectivity index (χ2v) is 16.9. The van der Waals surface area contributed by atoms with Crippen molar-refractivity contribution >= 4 is 78.8 Å². The summed E-state index contributed by atoms with van der Waals surface area (Å²) in [4.78, 5) is 27.0. The molecule has 2 unspecified atom stereocenters. The largest absolute Gasteiger partial charge is 0.458 e. The lowest BCUT2D eigenvalue weighted by molar-refractivity contribution is -0.139. The van der Waals surface area contributed by atoms with Gasteiger partial charge in [0.15, 0.2) is 0 Å². The first-order valence-corrected chi connectivity index (χ1v) is 19.4. The fraction of sp³-hybridized carbons (Fsp3) is 0.312. The summed E-state index contributed by atoms with van der Waals surface area (Å²) in [7, 11) is -5.56. The Morgan fingerprint density at radius 2 is 1.00 bits per heavy atom. The van der Waals surface area contributed by atoms with E-state index in [1.807, 2.05) is 0 Å². The second kappa shape index (κ2) is 15.7. The monoisotopic (exact) mass is 804 g/mol. The first-order chi connectivity index (χ1) is 23.6. The van der Waals surface area contributed by atoms with Crippen molar-refractivity contribution < 1.29 is 35.9 Å². The van der Waals surface area contributed by atoms with E-state index in [0.29, 0.717) is 21.2 Å². The lowest BCUT2D eigenvalue weighted by Crippen LogP contribution is -2.47. The number of carbonyl (C=O) groups excluding carboxylic acids is 2. The van der Waals surface area contributed by atoms with Gasteiger partial charge in [0.1, 0.15) is 13.2 Å². The number of esters is 2. The fourth-order valence-corrected chi connectivity index (χ4v) is 9.46. The molecule has 4 bridgehead atoms. The van der Waals surface area contributed by atoms with Gasteiger partial charge in [-0.3, -0.25) is 8.61 Å². The maximum absolute atomic E-state index is 13.6. The average Bonchev–Trinajstić information content (AvgIpc) is 3.04. The summed E-state index contributed by atoms with van der Waals surface area (Å²) in [5, 5.41) is 0.985. The van der Waals surface area contributed by atoms with Gasteiger partial charge in [-0.25, -0.2) is 9.59 Å². The molecule has 50 heavy (non-hydrogen) atoms. The molecule has 0 aliphatic carbocycles. The van der Waals surface area contributed by atoms with Crippen LogP contribution in [0.25, 0.3) is 0 Å². The molecule has 0 fully saturated rings. The molecule has 0 amide bonds. The number of benzene rings is 2. The Kier molecular flexibility index (Phi) is 12.0. The Balaban J connectivity index is 1.46. The fourth-order valence-electron chi connectivity index (χ4n) is 5.63. The highest BCUT2D eigenvalue weighted by Gasteiger charge is 2.44. The van der Waals surface area contributed by atoms with Crippen LogP contribution in [0.4, 0.5) is 0 Å². The number of carbonyl (C=O) groups is 2. The van der Waals surface area contributed by atoms with Gasteiger partial charge in [0.2, 0.25) is 0 Å². The Labute approximate surface area is 311 Å². The number of fused-ring (bicyclic) bond motifs is 2. The molecule has 2 aromatic carbocycles. The van der Waals surface area contributed by atoms with Gasteiger partial charge in [0.05, 0.1) is 23.2 Å². The quantitative estimate of drug-likeness (QED) is 0.274. The van der Waals surface area contributed by atoms with E-state index in [9.17, 15) is 26.4 Å². The molecule has 0 spiro atoms. The minimum Gasteiger partial charge on any atom is -0.458 e. The van der Waals surface area contributed by atoms with Gasteiger partial charge in [0.25, 0.3) is 0 Å². The minimum atomic E-state index is -4.12. The molecule has 0 N–H and O–H groups in total. The first kappa shape index (κ1) is 38.2. The molecule has 0 aromatic heterocycles. The number of nitrogens with zero attached hydrogens (tertiary/aromatic N) is 4. The number of hydrogen-bond donors (Lipinski definition) is 0. The summed E-state index contributed by atoms with van der Waals surface area (Å²) >= 11 is 25.1. The average molecular weight is 807 g/mol. The standard InChI is InChI=1S/C32H32Cl4N4O8S2/c1-37-29(23-11-9-21(33)17-27(23)35)25-19-39(49(37,43)44)13-5-3-7-16-48-32(42)26-20-40(14-6-4-8-15-47-31(25)41)50(45,46)38(2)30(26)24-12-10-22(34)18-28(24)36/h3-4,7-12,17-20,29-30H,5-6,13-16H2,1-2H3/b7-3-,8-4-. The van der Waals surface area contributed by atoms with Crippen LogP contribution in [0, 0.1) is 0 Å². The maximum atomic E-state index is 13.6. The number of halogens is 4. The minimum absolute atomic E-state index is 0.0164. The zero-order valence-electron chi connectivity index (χ0n) is 26.7. The van der Waals surface area contributed by atoms with Crippen LogP contribution in [0.3, 0.4) is 0 Å². The summed E-state index contributed by atoms with van der Waals surface area (Å²) in [6, 6.07) is 6.86. The molecular weight excluding hydrogens is 774 g/mol. The van der Waals surface area contributed by atoms with E-state index in [0.717, 1.165) is 17.2 Å². The van der Waals surface area contributed by atoms with E-state index in [1.54, 1.807) is 36.4 Å². The molecular formula is C32H32Cl4N4O8S2. The van der Waals surface area contributed by atoms with E-state index >= 15 is 0 Å². The zero-order valence-corrected chi connectivity index (χ0v) is 31.4. The van der Waals surface area contributed by atoms with Crippen molar-refractivity contribution in [3.05, 3.63) is 115 Å². The van der Waals surface area contributed by atoms with Crippen LogP contribution in [0.5, 0.6) is 0 Å². The SMILES string of the molecule is CN1C(c2ccc(Cl)cc2Cl)C2=CN(CC/C=C\COC(=O)C3=CN(CC/C=C\COC2=O)S(=O)(=O)N(C)C3c2ccc(Cl)cc2Cl)S1(=O)=O. The molecule has 3 aliphatic rings. The smallest absolute Gasteiger partial charge is 0.337 e. The van der Waals surface area contributed by atoms with Crippen molar-refractivity contribution in [3.63, 3.8) is 0 Å². The van der Waals surface area contributed by atoms with Gasteiger partial charge >= 0.3 is 32.4 Å². The third kappa shape index (κ3) is 7.87. The summed E-state index contributed by atoms with van der Waals surface area (Å²) in [6.07, 6.45) is 9.11. The Morgan fingerprint density at radius 1 is 0.620 bits per heavy atom. The lowest BCUT2D eigenvalue weighted by Gasteiger charge is -2.38. The molecule has 18 heteroatoms. The van der Waals surface area contributed by atoms with E-state index in [2.05, 4.69) is 0 Å². The van der Waals surface area contributed by atoms with Crippen molar-refractivity contribution in [1.82, 2.24) is 17.2 Å². The van der Waals surface area contributed by atoms with Crippen LogP contribution in [0.1, 0.15) is 36.1 Å². The van der Waals surface area contributed by atoms with Crippen LogP contribution < -0.4 is 0 Å². The number of likely N-dealkylation sites (N-methyl/N-ethyl adjacent to an activating group) is 2. The number of ether oxygens (including phenoxy) is 2. The van der Waals surface area contributed by atoms with Gasteiger partial charge in [-0.2, -0.15) is 25.4 Å². The first-order valence-electron chi connectivity index (χ1n) is 15.1. The van der Waals surface area contributed by atoms with Crippen molar-refractivity contribution in [1.29, 1.82) is 0 Å². The van der Waals surface area contributed by atoms with Crippen LogP contribution in [0.2, 0.25) is 20.1 Å². The second-order valence-electron chi connectivity index (χ2n) is 11.3. The van der Waals surface area contributed by atoms with E-state index < -0.39 is 44.4 Å². The maximum Gasteiger partial charge on any atom is 0.337 e. The molecule has 268 valence electrons. The molecule has 3 aliphatic heterocycles. The van der Waals surface area contributed by atoms with Crippen LogP contribution in [-0.2, 0) is 39.5 Å². The third-order valence-electron chi connectivity index (χ3n) is 8.18. The predicted octanol–water partition coefficient (Wildman–Crippen LogP) is 5.83. The van der Waals surface area contributed by atoms with Crippen molar-refractivity contribution in [2.24, 2.45) is 0 Å². The highest BCUT2D eigenvalue weighted by molar-refractivity contribution is 7.87. The summed E-state index contributed by atoms with van der Waals surface area (Å²) < 4.78 is 69.6. The van der Waals surface area contributed by atoms with Crippen LogP contribution >= 0.6 is 46.4 Å². The normalized spacial score (nSPS) is 25.1. The van der Waals surface area contributed by atoms with Crippen molar-refractivity contribution in [3.8, 4) is 0 Å². The Hall–Kier alpha value is -3.08.